The van der Waals surface area contributed by atoms with E-state index in [4.69, 9.17) is 10.5 Å². The molecule has 0 radical (unpaired) electrons. The number of nitrogens with one attached hydrogen (secondary N) is 1. The third kappa shape index (κ3) is 4.03. The highest BCUT2D eigenvalue weighted by Crippen LogP contribution is 2.20. The van der Waals surface area contributed by atoms with Gasteiger partial charge in [-0.25, -0.2) is 0 Å². The van der Waals surface area contributed by atoms with Crippen molar-refractivity contribution in [2.75, 3.05) is 26.0 Å². The third-order valence-corrected chi connectivity index (χ3v) is 3.38. The van der Waals surface area contributed by atoms with Gasteiger partial charge in [0.05, 0.1) is 6.10 Å². The Morgan fingerprint density at radius 2 is 2.05 bits per heavy atom. The first-order valence-corrected chi connectivity index (χ1v) is 6.98. The number of hydrogen-bond donors (Lipinski definition) is 2. The Balaban J connectivity index is 1.88. The van der Waals surface area contributed by atoms with Crippen molar-refractivity contribution >= 4 is 11.6 Å². The second kappa shape index (κ2) is 6.83. The lowest BCUT2D eigenvalue weighted by Crippen LogP contribution is -2.29. The summed E-state index contributed by atoms with van der Waals surface area (Å²) in [6, 6.07) is 7.89. The van der Waals surface area contributed by atoms with Crippen LogP contribution >= 0.6 is 0 Å². The molecule has 0 aliphatic carbocycles. The first kappa shape index (κ1) is 15.0. The summed E-state index contributed by atoms with van der Waals surface area (Å²) >= 11 is 0. The van der Waals surface area contributed by atoms with Crippen molar-refractivity contribution in [3.05, 3.63) is 29.8 Å². The van der Waals surface area contributed by atoms with Gasteiger partial charge in [0, 0.05) is 18.8 Å². The minimum absolute atomic E-state index is 0.0215. The van der Waals surface area contributed by atoms with E-state index in [0.29, 0.717) is 6.54 Å². The van der Waals surface area contributed by atoms with E-state index in [9.17, 15) is 4.79 Å². The van der Waals surface area contributed by atoms with Crippen LogP contribution in [0, 0.1) is 0 Å². The van der Waals surface area contributed by atoms with Crippen LogP contribution in [0.1, 0.15) is 18.4 Å². The van der Waals surface area contributed by atoms with Crippen LogP contribution in [0.2, 0.25) is 0 Å². The highest BCUT2D eigenvalue weighted by Gasteiger charge is 2.29. The zero-order chi connectivity index (χ0) is 14.5. The maximum atomic E-state index is 12.1. The van der Waals surface area contributed by atoms with Gasteiger partial charge in [-0.2, -0.15) is 0 Å². The molecule has 1 aliphatic rings. The SMILES string of the molecule is CN(C)Cc1ccc(NC(=O)C2CCC(CN)O2)cc1. The number of carbonyl (C=O) groups excluding carboxylic acids is 1. The molecule has 2 rings (SSSR count). The molecular formula is C15H23N3O2. The van der Waals surface area contributed by atoms with Crippen LogP contribution in [0.3, 0.4) is 0 Å². The van der Waals surface area contributed by atoms with Gasteiger partial charge in [-0.3, -0.25) is 4.79 Å². The van der Waals surface area contributed by atoms with Crippen LogP contribution in [0.4, 0.5) is 5.69 Å². The maximum absolute atomic E-state index is 12.1. The molecule has 3 N–H and O–H groups in total. The Labute approximate surface area is 120 Å². The number of amides is 1. The summed E-state index contributed by atoms with van der Waals surface area (Å²) < 4.78 is 5.58. The van der Waals surface area contributed by atoms with Gasteiger partial charge >= 0.3 is 0 Å². The Morgan fingerprint density at radius 3 is 2.60 bits per heavy atom. The van der Waals surface area contributed by atoms with Gasteiger partial charge < -0.3 is 20.7 Å². The standard InChI is InChI=1S/C15H23N3O2/c1-18(2)10-11-3-5-12(6-4-11)17-15(19)14-8-7-13(9-16)20-14/h3-6,13-14H,7-10,16H2,1-2H3,(H,17,19). The molecule has 1 aliphatic heterocycles. The molecule has 0 bridgehead atoms. The number of nitrogens with two attached hydrogens (primary N) is 1. The summed E-state index contributed by atoms with van der Waals surface area (Å²) in [5, 5.41) is 2.89. The van der Waals surface area contributed by atoms with Crippen molar-refractivity contribution in [2.24, 2.45) is 5.73 Å². The lowest BCUT2D eigenvalue weighted by atomic mass is 10.1. The molecular weight excluding hydrogens is 254 g/mol. The molecule has 20 heavy (non-hydrogen) atoms. The smallest absolute Gasteiger partial charge is 0.253 e. The lowest BCUT2D eigenvalue weighted by molar-refractivity contribution is -0.126. The predicted molar refractivity (Wildman–Crippen MR) is 79.4 cm³/mol. The fourth-order valence-corrected chi connectivity index (χ4v) is 2.35. The van der Waals surface area contributed by atoms with Crippen molar-refractivity contribution in [1.82, 2.24) is 4.90 Å². The Hall–Kier alpha value is -1.43. The zero-order valence-electron chi connectivity index (χ0n) is 12.1. The quantitative estimate of drug-likeness (QED) is 0.848. The van der Waals surface area contributed by atoms with Gasteiger partial charge in [0.25, 0.3) is 5.91 Å². The van der Waals surface area contributed by atoms with Gasteiger partial charge in [-0.1, -0.05) is 12.1 Å². The molecule has 0 saturated carbocycles. The molecule has 110 valence electrons. The monoisotopic (exact) mass is 277 g/mol. The Kier molecular flexibility index (Phi) is 5.11. The summed E-state index contributed by atoms with van der Waals surface area (Å²) in [5.41, 5.74) is 7.56. The van der Waals surface area contributed by atoms with E-state index in [-0.39, 0.29) is 18.1 Å². The summed E-state index contributed by atoms with van der Waals surface area (Å²) in [4.78, 5) is 14.2. The number of nitrogens with zero attached hydrogens (tertiary/aromatic N) is 1. The molecule has 0 spiro atoms. The molecule has 1 amide bonds. The van der Waals surface area contributed by atoms with Gasteiger partial charge in [-0.05, 0) is 44.6 Å². The normalized spacial score (nSPS) is 22.2. The van der Waals surface area contributed by atoms with Crippen molar-refractivity contribution in [3.63, 3.8) is 0 Å². The first-order valence-electron chi connectivity index (χ1n) is 6.98. The first-order chi connectivity index (χ1) is 9.58. The van der Waals surface area contributed by atoms with Crippen LogP contribution in [0.5, 0.6) is 0 Å². The second-order valence-corrected chi connectivity index (χ2v) is 5.48. The molecule has 0 aromatic heterocycles. The minimum Gasteiger partial charge on any atom is -0.364 e. The van der Waals surface area contributed by atoms with E-state index in [1.54, 1.807) is 0 Å². The Morgan fingerprint density at radius 1 is 1.35 bits per heavy atom. The third-order valence-electron chi connectivity index (χ3n) is 3.38. The average Bonchev–Trinajstić information content (AvgIpc) is 2.89. The maximum Gasteiger partial charge on any atom is 0.253 e. The number of carbonyl (C=O) groups is 1. The summed E-state index contributed by atoms with van der Waals surface area (Å²) in [6.45, 7) is 1.36. The molecule has 1 aromatic carbocycles. The number of ether oxygens (including phenoxy) is 1. The van der Waals surface area contributed by atoms with Crippen molar-refractivity contribution in [2.45, 2.75) is 31.6 Å². The van der Waals surface area contributed by atoms with Crippen LogP contribution < -0.4 is 11.1 Å². The number of benzene rings is 1. The summed E-state index contributed by atoms with van der Waals surface area (Å²) in [5.74, 6) is -0.0821. The molecule has 1 aromatic rings. The van der Waals surface area contributed by atoms with Crippen molar-refractivity contribution in [3.8, 4) is 0 Å². The zero-order valence-corrected chi connectivity index (χ0v) is 12.1. The van der Waals surface area contributed by atoms with E-state index in [2.05, 4.69) is 10.2 Å². The fourth-order valence-electron chi connectivity index (χ4n) is 2.35. The topological polar surface area (TPSA) is 67.6 Å². The van der Waals surface area contributed by atoms with Crippen LogP contribution in [-0.4, -0.2) is 43.7 Å². The van der Waals surface area contributed by atoms with Crippen LogP contribution in [0.25, 0.3) is 0 Å². The highest BCUT2D eigenvalue weighted by atomic mass is 16.5. The van der Waals surface area contributed by atoms with E-state index >= 15 is 0 Å². The van der Waals surface area contributed by atoms with Crippen LogP contribution in [-0.2, 0) is 16.1 Å². The summed E-state index contributed by atoms with van der Waals surface area (Å²) in [6.07, 6.45) is 1.25. The van der Waals surface area contributed by atoms with Gasteiger partial charge in [-0.15, -0.1) is 0 Å². The van der Waals surface area contributed by atoms with Gasteiger partial charge in [0.15, 0.2) is 0 Å². The molecule has 2 unspecified atom stereocenters. The van der Waals surface area contributed by atoms with E-state index in [1.165, 1.54) is 5.56 Å². The number of rotatable bonds is 5. The number of hydrogen-bond acceptors (Lipinski definition) is 4. The second-order valence-electron chi connectivity index (χ2n) is 5.48. The minimum atomic E-state index is -0.370. The number of anilines is 1. The van der Waals surface area contributed by atoms with E-state index < -0.39 is 0 Å². The van der Waals surface area contributed by atoms with Crippen molar-refractivity contribution < 1.29 is 9.53 Å². The summed E-state index contributed by atoms with van der Waals surface area (Å²) in [7, 11) is 4.06. The Bertz CT molecular complexity index is 445. The molecule has 1 heterocycles. The average molecular weight is 277 g/mol. The molecule has 1 saturated heterocycles. The van der Waals surface area contributed by atoms with E-state index in [0.717, 1.165) is 25.1 Å². The van der Waals surface area contributed by atoms with Crippen molar-refractivity contribution in [1.29, 1.82) is 0 Å². The molecule has 1 fully saturated rings. The van der Waals surface area contributed by atoms with Crippen LogP contribution in [0.15, 0.2) is 24.3 Å². The predicted octanol–water partition coefficient (Wildman–Crippen LogP) is 1.19. The van der Waals surface area contributed by atoms with Gasteiger partial charge in [0.2, 0.25) is 0 Å². The van der Waals surface area contributed by atoms with E-state index in [1.807, 2.05) is 38.4 Å². The fraction of sp³-hybridized carbons (Fsp3) is 0.533. The molecule has 5 nitrogen and oxygen atoms in total. The van der Waals surface area contributed by atoms with Gasteiger partial charge in [0.1, 0.15) is 6.10 Å². The molecule has 5 heteroatoms. The molecule has 2 atom stereocenters. The largest absolute Gasteiger partial charge is 0.364 e. The highest BCUT2D eigenvalue weighted by molar-refractivity contribution is 5.94. The lowest BCUT2D eigenvalue weighted by Gasteiger charge is -2.13.